The van der Waals surface area contributed by atoms with Gasteiger partial charge in [-0.25, -0.2) is 0 Å². The van der Waals surface area contributed by atoms with Crippen LogP contribution in [-0.4, -0.2) is 9.97 Å². The molecule has 1 unspecified atom stereocenters. The molecule has 1 aromatic rings. The third-order valence-electron chi connectivity index (χ3n) is 2.70. The monoisotopic (exact) mass is 178 g/mol. The van der Waals surface area contributed by atoms with Gasteiger partial charge in [0.05, 0.1) is 17.9 Å². The van der Waals surface area contributed by atoms with Crippen LogP contribution in [0.4, 0.5) is 0 Å². The number of hydrazine groups is 1. The molecule has 0 bridgehead atoms. The van der Waals surface area contributed by atoms with E-state index in [0.717, 1.165) is 5.69 Å². The Bertz CT molecular complexity index is 258. The van der Waals surface area contributed by atoms with Gasteiger partial charge in [-0.05, 0) is 18.8 Å². The predicted octanol–water partition coefficient (Wildman–Crippen LogP) is 0.781. The van der Waals surface area contributed by atoms with Crippen molar-refractivity contribution in [1.82, 2.24) is 15.4 Å². The number of nitrogens with two attached hydrogens (primary N) is 1. The largest absolute Gasteiger partial charge is 0.271 e. The van der Waals surface area contributed by atoms with Gasteiger partial charge >= 0.3 is 0 Å². The second-order valence-corrected chi connectivity index (χ2v) is 3.47. The Hall–Kier alpha value is -1.00. The van der Waals surface area contributed by atoms with E-state index in [1.807, 2.05) is 0 Å². The maximum atomic E-state index is 5.50. The molecule has 4 heteroatoms. The van der Waals surface area contributed by atoms with Crippen molar-refractivity contribution >= 4 is 0 Å². The van der Waals surface area contributed by atoms with Crippen molar-refractivity contribution in [3.63, 3.8) is 0 Å². The lowest BCUT2D eigenvalue weighted by Gasteiger charge is -2.32. The molecular weight excluding hydrogens is 164 g/mol. The molecule has 1 saturated carbocycles. The van der Waals surface area contributed by atoms with E-state index in [4.69, 9.17) is 5.84 Å². The van der Waals surface area contributed by atoms with Crippen LogP contribution in [-0.2, 0) is 0 Å². The Labute approximate surface area is 77.5 Å². The van der Waals surface area contributed by atoms with Gasteiger partial charge in [0.25, 0.3) is 0 Å². The summed E-state index contributed by atoms with van der Waals surface area (Å²) >= 11 is 0. The number of nitrogens with zero attached hydrogens (tertiary/aromatic N) is 2. The Kier molecular flexibility index (Phi) is 2.52. The van der Waals surface area contributed by atoms with Crippen molar-refractivity contribution in [3.8, 4) is 0 Å². The lowest BCUT2D eigenvalue weighted by Crippen LogP contribution is -2.37. The Morgan fingerprint density at radius 2 is 2.31 bits per heavy atom. The van der Waals surface area contributed by atoms with Crippen LogP contribution < -0.4 is 11.3 Å². The molecule has 1 aliphatic carbocycles. The fourth-order valence-electron chi connectivity index (χ4n) is 1.71. The Balaban J connectivity index is 2.12. The van der Waals surface area contributed by atoms with Crippen LogP contribution in [0.2, 0.25) is 0 Å². The molecule has 0 spiro atoms. The van der Waals surface area contributed by atoms with E-state index in [0.29, 0.717) is 5.92 Å². The van der Waals surface area contributed by atoms with E-state index < -0.39 is 0 Å². The Morgan fingerprint density at radius 3 is 2.77 bits per heavy atom. The van der Waals surface area contributed by atoms with Crippen molar-refractivity contribution in [2.75, 3.05) is 0 Å². The van der Waals surface area contributed by atoms with Crippen LogP contribution in [0.3, 0.4) is 0 Å². The first kappa shape index (κ1) is 8.59. The molecule has 1 atom stereocenters. The van der Waals surface area contributed by atoms with E-state index in [9.17, 15) is 0 Å². The Morgan fingerprint density at radius 1 is 1.46 bits per heavy atom. The first-order valence-corrected chi connectivity index (χ1v) is 4.64. The van der Waals surface area contributed by atoms with Crippen molar-refractivity contribution < 1.29 is 0 Å². The number of nitrogens with one attached hydrogen (secondary N) is 1. The molecule has 1 heterocycles. The zero-order valence-corrected chi connectivity index (χ0v) is 7.48. The third-order valence-corrected chi connectivity index (χ3v) is 2.70. The highest BCUT2D eigenvalue weighted by molar-refractivity contribution is 5.05. The predicted molar refractivity (Wildman–Crippen MR) is 49.4 cm³/mol. The maximum Gasteiger partial charge on any atom is 0.0772 e. The van der Waals surface area contributed by atoms with Crippen molar-refractivity contribution in [2.45, 2.75) is 25.3 Å². The van der Waals surface area contributed by atoms with Gasteiger partial charge in [-0.15, -0.1) is 0 Å². The normalized spacial score (nSPS) is 19.5. The first-order valence-electron chi connectivity index (χ1n) is 4.64. The van der Waals surface area contributed by atoms with E-state index >= 15 is 0 Å². The average molecular weight is 178 g/mol. The minimum atomic E-state index is 0.183. The van der Waals surface area contributed by atoms with Gasteiger partial charge in [0, 0.05) is 12.4 Å². The standard InChI is InChI=1S/C9H14N4/c10-13-9(7-2-1-3-7)8-6-11-4-5-12-8/h4-7,9,13H,1-3,10H2. The van der Waals surface area contributed by atoms with E-state index in [-0.39, 0.29) is 6.04 Å². The highest BCUT2D eigenvalue weighted by Crippen LogP contribution is 2.36. The minimum absolute atomic E-state index is 0.183. The zero-order chi connectivity index (χ0) is 9.10. The smallest absolute Gasteiger partial charge is 0.0772 e. The molecule has 1 aliphatic rings. The van der Waals surface area contributed by atoms with Crippen LogP contribution in [0.15, 0.2) is 18.6 Å². The first-order chi connectivity index (χ1) is 6.42. The molecule has 0 radical (unpaired) electrons. The molecule has 0 amide bonds. The van der Waals surface area contributed by atoms with Crippen molar-refractivity contribution in [1.29, 1.82) is 0 Å². The molecule has 3 N–H and O–H groups in total. The quantitative estimate of drug-likeness (QED) is 0.530. The maximum absolute atomic E-state index is 5.50. The molecule has 0 saturated heterocycles. The van der Waals surface area contributed by atoms with Crippen LogP contribution in [0.1, 0.15) is 31.0 Å². The number of hydrogen-bond donors (Lipinski definition) is 2. The summed E-state index contributed by atoms with van der Waals surface area (Å²) in [4.78, 5) is 8.28. The highest BCUT2D eigenvalue weighted by atomic mass is 15.2. The van der Waals surface area contributed by atoms with Crippen molar-refractivity contribution in [2.24, 2.45) is 11.8 Å². The molecule has 0 aliphatic heterocycles. The molecule has 70 valence electrons. The molecule has 1 aromatic heterocycles. The third kappa shape index (κ3) is 1.68. The van der Waals surface area contributed by atoms with Crippen LogP contribution in [0.5, 0.6) is 0 Å². The minimum Gasteiger partial charge on any atom is -0.271 e. The lowest BCUT2D eigenvalue weighted by atomic mass is 9.79. The van der Waals surface area contributed by atoms with Crippen LogP contribution in [0, 0.1) is 5.92 Å². The van der Waals surface area contributed by atoms with Crippen LogP contribution >= 0.6 is 0 Å². The summed E-state index contributed by atoms with van der Waals surface area (Å²) in [5.74, 6) is 6.14. The summed E-state index contributed by atoms with van der Waals surface area (Å²) in [5, 5.41) is 0. The number of hydrogen-bond acceptors (Lipinski definition) is 4. The van der Waals surface area contributed by atoms with E-state index in [1.54, 1.807) is 18.6 Å². The summed E-state index contributed by atoms with van der Waals surface area (Å²) < 4.78 is 0. The summed E-state index contributed by atoms with van der Waals surface area (Å²) in [7, 11) is 0. The molecule has 13 heavy (non-hydrogen) atoms. The fourth-order valence-corrected chi connectivity index (χ4v) is 1.71. The van der Waals surface area contributed by atoms with E-state index in [2.05, 4.69) is 15.4 Å². The molecule has 1 fully saturated rings. The molecular formula is C9H14N4. The summed E-state index contributed by atoms with van der Waals surface area (Å²) in [6.45, 7) is 0. The summed E-state index contributed by atoms with van der Waals surface area (Å²) in [6.07, 6.45) is 8.96. The average Bonchev–Trinajstić information content (AvgIpc) is 2.12. The fraction of sp³-hybridized carbons (Fsp3) is 0.556. The summed E-state index contributed by atoms with van der Waals surface area (Å²) in [5.41, 5.74) is 3.77. The van der Waals surface area contributed by atoms with Gasteiger partial charge in [0.2, 0.25) is 0 Å². The second-order valence-electron chi connectivity index (χ2n) is 3.47. The number of aromatic nitrogens is 2. The number of rotatable bonds is 3. The van der Waals surface area contributed by atoms with Crippen molar-refractivity contribution in [3.05, 3.63) is 24.3 Å². The van der Waals surface area contributed by atoms with Gasteiger partial charge in [0.15, 0.2) is 0 Å². The van der Waals surface area contributed by atoms with Gasteiger partial charge < -0.3 is 0 Å². The zero-order valence-electron chi connectivity index (χ0n) is 7.48. The highest BCUT2D eigenvalue weighted by Gasteiger charge is 2.28. The van der Waals surface area contributed by atoms with Gasteiger partial charge in [-0.1, -0.05) is 6.42 Å². The molecule has 0 aromatic carbocycles. The summed E-state index contributed by atoms with van der Waals surface area (Å²) in [6, 6.07) is 0.183. The van der Waals surface area contributed by atoms with Gasteiger partial charge in [-0.3, -0.25) is 21.2 Å². The van der Waals surface area contributed by atoms with Gasteiger partial charge in [-0.2, -0.15) is 0 Å². The molecule has 4 nitrogen and oxygen atoms in total. The second kappa shape index (κ2) is 3.81. The SMILES string of the molecule is NNC(c1cnccn1)C1CCC1. The topological polar surface area (TPSA) is 63.8 Å². The molecule has 2 rings (SSSR count). The van der Waals surface area contributed by atoms with E-state index in [1.165, 1.54) is 19.3 Å². The lowest BCUT2D eigenvalue weighted by molar-refractivity contribution is 0.228. The van der Waals surface area contributed by atoms with Crippen LogP contribution in [0.25, 0.3) is 0 Å². The van der Waals surface area contributed by atoms with Gasteiger partial charge in [0.1, 0.15) is 0 Å².